The molecular weight excluding hydrogens is 174 g/mol. The van der Waals surface area contributed by atoms with Crippen LogP contribution in [0.4, 0.5) is 0 Å². The molecule has 0 spiro atoms. The van der Waals surface area contributed by atoms with Crippen LogP contribution in [0.2, 0.25) is 0 Å². The summed E-state index contributed by atoms with van der Waals surface area (Å²) in [5.41, 5.74) is 1.16. The van der Waals surface area contributed by atoms with Crippen molar-refractivity contribution in [3.63, 3.8) is 0 Å². The molecule has 3 aliphatic rings. The van der Waals surface area contributed by atoms with Crippen molar-refractivity contribution in [2.24, 2.45) is 0 Å². The summed E-state index contributed by atoms with van der Waals surface area (Å²) in [6.07, 6.45) is 15.1. The van der Waals surface area contributed by atoms with Crippen molar-refractivity contribution in [1.82, 2.24) is 5.32 Å². The van der Waals surface area contributed by atoms with Crippen molar-refractivity contribution in [3.05, 3.63) is 47.9 Å². The van der Waals surface area contributed by atoms with E-state index in [1.807, 2.05) is 6.08 Å². The van der Waals surface area contributed by atoms with Gasteiger partial charge in [-0.1, -0.05) is 24.3 Å². The fourth-order valence-electron chi connectivity index (χ4n) is 2.05. The second kappa shape index (κ2) is 3.05. The zero-order valence-electron chi connectivity index (χ0n) is 7.94. The highest BCUT2D eigenvalue weighted by Gasteiger charge is 2.29. The van der Waals surface area contributed by atoms with Gasteiger partial charge in [0.2, 0.25) is 0 Å². The molecule has 0 aromatic heterocycles. The Morgan fingerprint density at radius 3 is 3.00 bits per heavy atom. The summed E-state index contributed by atoms with van der Waals surface area (Å²) in [5.74, 6) is 1.03. The quantitative estimate of drug-likeness (QED) is 0.626. The fraction of sp³-hybridized carbons (Fsp3) is 0.333. The highest BCUT2D eigenvalue weighted by Crippen LogP contribution is 2.27. The van der Waals surface area contributed by atoms with E-state index in [1.165, 1.54) is 0 Å². The molecule has 2 unspecified atom stereocenters. The third-order valence-electron chi connectivity index (χ3n) is 2.78. The van der Waals surface area contributed by atoms with Gasteiger partial charge in [0.1, 0.15) is 11.9 Å². The number of nitrogens with one attached hydrogen (secondary N) is 1. The van der Waals surface area contributed by atoms with Gasteiger partial charge in [0.25, 0.3) is 0 Å². The van der Waals surface area contributed by atoms with Gasteiger partial charge in [-0.15, -0.1) is 0 Å². The summed E-state index contributed by atoms with van der Waals surface area (Å²) in [5, 5.41) is 3.49. The molecule has 0 aromatic rings. The molecule has 0 amide bonds. The van der Waals surface area contributed by atoms with E-state index in [-0.39, 0.29) is 6.10 Å². The highest BCUT2D eigenvalue weighted by molar-refractivity contribution is 5.34. The van der Waals surface area contributed by atoms with E-state index < -0.39 is 0 Å². The van der Waals surface area contributed by atoms with Gasteiger partial charge in [0.15, 0.2) is 0 Å². The number of rotatable bonds is 0. The lowest BCUT2D eigenvalue weighted by Crippen LogP contribution is -2.45. The zero-order valence-corrected chi connectivity index (χ0v) is 7.94. The van der Waals surface area contributed by atoms with E-state index >= 15 is 0 Å². The minimum absolute atomic E-state index is 0.168. The van der Waals surface area contributed by atoms with Crippen LogP contribution in [0.25, 0.3) is 0 Å². The second-order valence-corrected chi connectivity index (χ2v) is 3.79. The van der Waals surface area contributed by atoms with Gasteiger partial charge in [-0.25, -0.2) is 0 Å². The van der Waals surface area contributed by atoms with Crippen molar-refractivity contribution in [2.45, 2.75) is 25.0 Å². The number of allylic oxidation sites excluding steroid dienone is 4. The van der Waals surface area contributed by atoms with Crippen LogP contribution in [0.1, 0.15) is 12.8 Å². The van der Waals surface area contributed by atoms with E-state index in [4.69, 9.17) is 4.74 Å². The minimum Gasteiger partial charge on any atom is -0.482 e. The van der Waals surface area contributed by atoms with Crippen molar-refractivity contribution in [2.75, 3.05) is 0 Å². The summed E-state index contributed by atoms with van der Waals surface area (Å²) >= 11 is 0. The topological polar surface area (TPSA) is 21.3 Å². The molecule has 1 saturated heterocycles. The Bertz CT molecular complexity index is 327. The summed E-state index contributed by atoms with van der Waals surface area (Å²) < 4.78 is 5.89. The molecule has 1 N–H and O–H groups in total. The van der Waals surface area contributed by atoms with Gasteiger partial charge in [0, 0.05) is 0 Å². The summed E-state index contributed by atoms with van der Waals surface area (Å²) in [6.45, 7) is 0. The standard InChI is InChI=1S/C12H13NO/c1-3-7-11-9(5-1)13-10-6-2-4-8-12(10)14-11/h1,3,5-9,11,13H,2,4H2. The van der Waals surface area contributed by atoms with Crippen molar-refractivity contribution >= 4 is 0 Å². The van der Waals surface area contributed by atoms with Crippen LogP contribution in [-0.4, -0.2) is 12.1 Å². The molecule has 2 atom stereocenters. The normalized spacial score (nSPS) is 33.1. The maximum atomic E-state index is 5.89. The molecule has 1 fully saturated rings. The molecule has 0 radical (unpaired) electrons. The summed E-state index contributed by atoms with van der Waals surface area (Å²) in [7, 11) is 0. The maximum absolute atomic E-state index is 5.89. The highest BCUT2D eigenvalue weighted by atomic mass is 16.5. The fourth-order valence-corrected chi connectivity index (χ4v) is 2.05. The molecule has 2 heteroatoms. The summed E-state index contributed by atoms with van der Waals surface area (Å²) in [6, 6.07) is 0.307. The maximum Gasteiger partial charge on any atom is 0.141 e. The number of hydrogen-bond acceptors (Lipinski definition) is 2. The van der Waals surface area contributed by atoms with E-state index in [2.05, 4.69) is 35.7 Å². The van der Waals surface area contributed by atoms with Crippen LogP contribution in [-0.2, 0) is 4.74 Å². The van der Waals surface area contributed by atoms with E-state index in [9.17, 15) is 0 Å². The lowest BCUT2D eigenvalue weighted by atomic mass is 10.0. The van der Waals surface area contributed by atoms with Crippen LogP contribution in [0.15, 0.2) is 47.9 Å². The minimum atomic E-state index is 0.168. The van der Waals surface area contributed by atoms with Crippen LogP contribution < -0.4 is 5.32 Å². The van der Waals surface area contributed by atoms with Gasteiger partial charge < -0.3 is 10.1 Å². The molecule has 2 nitrogen and oxygen atoms in total. The lowest BCUT2D eigenvalue weighted by Gasteiger charge is -2.36. The van der Waals surface area contributed by atoms with Crippen LogP contribution in [0, 0.1) is 0 Å². The van der Waals surface area contributed by atoms with E-state index in [0.717, 1.165) is 24.3 Å². The number of hydrogen-bond donors (Lipinski definition) is 1. The van der Waals surface area contributed by atoms with Gasteiger partial charge in [-0.3, -0.25) is 0 Å². The SMILES string of the molecule is C1=CC2NC3=CCCC=C3OC2C=C1. The van der Waals surface area contributed by atoms with Crippen LogP contribution in [0.5, 0.6) is 0 Å². The predicted octanol–water partition coefficient (Wildman–Crippen LogP) is 2.03. The van der Waals surface area contributed by atoms with Crippen LogP contribution in [0.3, 0.4) is 0 Å². The third kappa shape index (κ3) is 1.18. The van der Waals surface area contributed by atoms with Gasteiger partial charge in [-0.2, -0.15) is 0 Å². The van der Waals surface area contributed by atoms with Gasteiger partial charge in [0.05, 0.1) is 11.7 Å². The van der Waals surface area contributed by atoms with Gasteiger partial charge in [-0.05, 0) is 25.0 Å². The molecule has 1 heterocycles. The Morgan fingerprint density at radius 1 is 1.14 bits per heavy atom. The molecular formula is C12H13NO. The molecule has 3 rings (SSSR count). The largest absolute Gasteiger partial charge is 0.482 e. The Kier molecular flexibility index (Phi) is 1.72. The first kappa shape index (κ1) is 7.92. The van der Waals surface area contributed by atoms with E-state index in [1.54, 1.807) is 0 Å². The first-order valence-corrected chi connectivity index (χ1v) is 5.12. The van der Waals surface area contributed by atoms with Gasteiger partial charge >= 0.3 is 0 Å². The molecule has 72 valence electrons. The Labute approximate surface area is 83.6 Å². The number of morpholine rings is 1. The monoisotopic (exact) mass is 187 g/mol. The number of fused-ring (bicyclic) bond motifs is 2. The van der Waals surface area contributed by atoms with Crippen molar-refractivity contribution < 1.29 is 4.74 Å². The molecule has 14 heavy (non-hydrogen) atoms. The average Bonchev–Trinajstić information content (AvgIpc) is 2.26. The zero-order chi connectivity index (χ0) is 9.38. The Hall–Kier alpha value is -1.44. The number of ether oxygens (including phenoxy) is 1. The first-order chi connectivity index (χ1) is 6.93. The second-order valence-electron chi connectivity index (χ2n) is 3.79. The average molecular weight is 187 g/mol. The Balaban J connectivity index is 1.90. The third-order valence-corrected chi connectivity index (χ3v) is 2.78. The molecule has 0 saturated carbocycles. The van der Waals surface area contributed by atoms with E-state index in [0.29, 0.717) is 6.04 Å². The first-order valence-electron chi connectivity index (χ1n) is 5.12. The van der Waals surface area contributed by atoms with Crippen molar-refractivity contribution in [1.29, 1.82) is 0 Å². The van der Waals surface area contributed by atoms with Crippen LogP contribution >= 0.6 is 0 Å². The lowest BCUT2D eigenvalue weighted by molar-refractivity contribution is 0.112. The molecule has 2 aliphatic carbocycles. The summed E-state index contributed by atoms with van der Waals surface area (Å²) in [4.78, 5) is 0. The molecule has 0 bridgehead atoms. The smallest absolute Gasteiger partial charge is 0.141 e. The Morgan fingerprint density at radius 2 is 2.00 bits per heavy atom. The predicted molar refractivity (Wildman–Crippen MR) is 55.5 cm³/mol. The molecule has 1 aliphatic heterocycles. The van der Waals surface area contributed by atoms with Crippen molar-refractivity contribution in [3.8, 4) is 0 Å². The molecule has 0 aromatic carbocycles.